The topological polar surface area (TPSA) is 126 Å². The fraction of sp³-hybridized carbons (Fsp3) is 0.357. The zero-order chi connectivity index (χ0) is 26.1. The van der Waals surface area contributed by atoms with Gasteiger partial charge in [0.2, 0.25) is 12.3 Å². The summed E-state index contributed by atoms with van der Waals surface area (Å²) in [5.41, 5.74) is 18.6. The van der Waals surface area contributed by atoms with Gasteiger partial charge in [0.05, 0.1) is 11.2 Å². The number of anilines is 1. The number of amides is 2. The van der Waals surface area contributed by atoms with Gasteiger partial charge in [-0.25, -0.2) is 4.98 Å². The number of nitrogens with two attached hydrogens (primary N) is 2. The molecule has 186 valence electrons. The molecule has 0 atom stereocenters. The molecule has 35 heavy (non-hydrogen) atoms. The van der Waals surface area contributed by atoms with Gasteiger partial charge in [0.15, 0.2) is 0 Å². The van der Waals surface area contributed by atoms with E-state index in [1.165, 1.54) is 22.2 Å². The van der Waals surface area contributed by atoms with Crippen molar-refractivity contribution < 1.29 is 9.59 Å². The van der Waals surface area contributed by atoms with E-state index < -0.39 is 5.91 Å². The molecular weight excluding hydrogens is 438 g/mol. The summed E-state index contributed by atoms with van der Waals surface area (Å²) in [6.45, 7) is 6.50. The van der Waals surface area contributed by atoms with Gasteiger partial charge in [0.25, 0.3) is 0 Å². The number of aryl methyl sites for hydroxylation is 1. The van der Waals surface area contributed by atoms with Crippen molar-refractivity contribution in [1.29, 1.82) is 5.41 Å². The third kappa shape index (κ3) is 7.12. The summed E-state index contributed by atoms with van der Waals surface area (Å²) < 4.78 is 0. The number of pyridine rings is 1. The van der Waals surface area contributed by atoms with Gasteiger partial charge in [-0.3, -0.25) is 9.59 Å². The second kappa shape index (κ2) is 12.6. The van der Waals surface area contributed by atoms with Crippen LogP contribution in [-0.4, -0.2) is 42.5 Å². The van der Waals surface area contributed by atoms with Crippen LogP contribution in [0.3, 0.4) is 0 Å². The minimum absolute atomic E-state index is 0.434. The molecule has 2 amide bonds. The van der Waals surface area contributed by atoms with Gasteiger partial charge in [-0.2, -0.15) is 0 Å². The van der Waals surface area contributed by atoms with Crippen LogP contribution in [-0.2, 0) is 17.6 Å². The summed E-state index contributed by atoms with van der Waals surface area (Å²) in [7, 11) is 3.38. The molecule has 5 N–H and O–H groups in total. The monoisotopic (exact) mass is 475 g/mol. The highest BCUT2D eigenvalue weighted by atomic mass is 16.1. The number of nitrogens with zero attached hydrogens (tertiary/aromatic N) is 2. The van der Waals surface area contributed by atoms with Crippen molar-refractivity contribution in [1.82, 2.24) is 9.88 Å². The molecule has 3 aromatic rings. The van der Waals surface area contributed by atoms with E-state index in [4.69, 9.17) is 21.9 Å². The average Bonchev–Trinajstić information content (AvgIpc) is 2.83. The zero-order valence-electron chi connectivity index (χ0n) is 21.4. The SMILES string of the molecule is CC(C)C.CN(C)C=O.N=Cc1c(N)ccc2nc(-c3ccc(C(N)=O)cc3)c3c(c12)CCCC3. The first-order chi connectivity index (χ1) is 16.6. The van der Waals surface area contributed by atoms with Crippen molar-refractivity contribution in [2.75, 3.05) is 19.8 Å². The van der Waals surface area contributed by atoms with Crippen LogP contribution in [0.15, 0.2) is 36.4 Å². The fourth-order valence-corrected chi connectivity index (χ4v) is 3.85. The quantitative estimate of drug-likeness (QED) is 0.284. The second-order valence-electron chi connectivity index (χ2n) is 9.47. The van der Waals surface area contributed by atoms with E-state index >= 15 is 0 Å². The number of nitrogen functional groups attached to an aromatic ring is 1. The first kappa shape index (κ1) is 27.5. The Bertz CT molecular complexity index is 1180. The molecule has 1 aromatic heterocycles. The van der Waals surface area contributed by atoms with Gasteiger partial charge in [0.1, 0.15) is 0 Å². The molecule has 0 aliphatic heterocycles. The van der Waals surface area contributed by atoms with Crippen LogP contribution in [0.4, 0.5) is 5.69 Å². The van der Waals surface area contributed by atoms with Crippen molar-refractivity contribution >= 4 is 35.1 Å². The van der Waals surface area contributed by atoms with E-state index in [0.29, 0.717) is 11.3 Å². The summed E-state index contributed by atoms with van der Waals surface area (Å²) in [5, 5.41) is 8.80. The Labute approximate surface area is 208 Å². The van der Waals surface area contributed by atoms with Crippen LogP contribution in [0.5, 0.6) is 0 Å². The maximum atomic E-state index is 11.3. The lowest BCUT2D eigenvalue weighted by Gasteiger charge is -2.22. The summed E-state index contributed by atoms with van der Waals surface area (Å²) in [5.74, 6) is 0.399. The molecule has 1 aliphatic rings. The Kier molecular flexibility index (Phi) is 9.94. The number of nitrogens with one attached hydrogen (secondary N) is 1. The van der Waals surface area contributed by atoms with Gasteiger partial charge in [-0.15, -0.1) is 0 Å². The Balaban J connectivity index is 0.000000414. The van der Waals surface area contributed by atoms with Gasteiger partial charge in [0, 0.05) is 48.1 Å². The second-order valence-corrected chi connectivity index (χ2v) is 9.47. The number of hydrogen-bond donors (Lipinski definition) is 3. The fourth-order valence-electron chi connectivity index (χ4n) is 3.85. The lowest BCUT2D eigenvalue weighted by molar-refractivity contribution is -0.115. The molecule has 0 radical (unpaired) electrons. The summed E-state index contributed by atoms with van der Waals surface area (Å²) >= 11 is 0. The minimum atomic E-state index is -0.434. The molecule has 0 bridgehead atoms. The van der Waals surface area contributed by atoms with E-state index in [1.54, 1.807) is 26.2 Å². The molecule has 7 nitrogen and oxygen atoms in total. The average molecular weight is 476 g/mol. The minimum Gasteiger partial charge on any atom is -0.398 e. The number of carbonyl (C=O) groups is 2. The Morgan fingerprint density at radius 3 is 2.06 bits per heavy atom. The number of hydrogen-bond acceptors (Lipinski definition) is 5. The maximum absolute atomic E-state index is 11.3. The van der Waals surface area contributed by atoms with Crippen LogP contribution in [0.25, 0.3) is 22.2 Å². The Morgan fingerprint density at radius 1 is 1.03 bits per heavy atom. The van der Waals surface area contributed by atoms with Crippen molar-refractivity contribution in [2.45, 2.75) is 46.5 Å². The number of carbonyl (C=O) groups excluding carboxylic acids is 2. The van der Waals surface area contributed by atoms with E-state index in [2.05, 4.69) is 20.8 Å². The number of rotatable bonds is 4. The highest BCUT2D eigenvalue weighted by molar-refractivity contribution is 6.05. The van der Waals surface area contributed by atoms with Crippen molar-refractivity contribution in [3.05, 3.63) is 58.7 Å². The van der Waals surface area contributed by atoms with Crippen LogP contribution in [0.2, 0.25) is 0 Å². The standard InChI is InChI=1S/C21H20N4O.C4H10.C3H7NO/c22-11-16-17(23)9-10-18-19(16)14-3-1-2-4-15(14)20(25-18)12-5-7-13(8-6-12)21(24)26;1-4(2)3;1-4(2)3-5/h5-11,22H,1-4,23H2,(H2,24,26);4H,1-3H3;3H,1-2H3. The van der Waals surface area contributed by atoms with Crippen LogP contribution in [0.1, 0.15) is 60.7 Å². The van der Waals surface area contributed by atoms with E-state index in [9.17, 15) is 9.59 Å². The third-order valence-corrected chi connectivity index (χ3v) is 5.34. The molecule has 0 fully saturated rings. The largest absolute Gasteiger partial charge is 0.398 e. The van der Waals surface area contributed by atoms with E-state index in [0.717, 1.165) is 65.7 Å². The molecular formula is C28H37N5O2. The molecule has 2 aromatic carbocycles. The Morgan fingerprint density at radius 2 is 1.57 bits per heavy atom. The maximum Gasteiger partial charge on any atom is 0.248 e. The first-order valence-electron chi connectivity index (χ1n) is 11.9. The van der Waals surface area contributed by atoms with Gasteiger partial charge in [-0.05, 0) is 67.0 Å². The van der Waals surface area contributed by atoms with Crippen molar-refractivity contribution in [2.24, 2.45) is 11.7 Å². The molecule has 4 rings (SSSR count). The Hall–Kier alpha value is -3.74. The van der Waals surface area contributed by atoms with Crippen LogP contribution >= 0.6 is 0 Å². The van der Waals surface area contributed by atoms with Crippen molar-refractivity contribution in [3.8, 4) is 11.3 Å². The number of aromatic nitrogens is 1. The molecule has 0 saturated heterocycles. The van der Waals surface area contributed by atoms with Gasteiger partial charge >= 0.3 is 0 Å². The zero-order valence-corrected chi connectivity index (χ0v) is 21.4. The normalized spacial score (nSPS) is 11.9. The summed E-state index contributed by atoms with van der Waals surface area (Å²) in [4.78, 5) is 27.1. The molecule has 0 unspecified atom stereocenters. The molecule has 0 spiro atoms. The van der Waals surface area contributed by atoms with E-state index in [1.807, 2.05) is 24.3 Å². The smallest absolute Gasteiger partial charge is 0.248 e. The molecule has 1 heterocycles. The number of primary amides is 1. The van der Waals surface area contributed by atoms with Crippen LogP contribution < -0.4 is 11.5 Å². The third-order valence-electron chi connectivity index (χ3n) is 5.34. The lowest BCUT2D eigenvalue weighted by Crippen LogP contribution is -2.11. The molecule has 0 saturated carbocycles. The van der Waals surface area contributed by atoms with Crippen LogP contribution in [0, 0.1) is 11.3 Å². The highest BCUT2D eigenvalue weighted by Crippen LogP contribution is 2.37. The van der Waals surface area contributed by atoms with E-state index in [-0.39, 0.29) is 0 Å². The highest BCUT2D eigenvalue weighted by Gasteiger charge is 2.21. The summed E-state index contributed by atoms with van der Waals surface area (Å²) in [6.07, 6.45) is 6.24. The van der Waals surface area contributed by atoms with Gasteiger partial charge < -0.3 is 21.8 Å². The number of benzene rings is 2. The molecule has 7 heteroatoms. The molecule has 1 aliphatic carbocycles. The van der Waals surface area contributed by atoms with Crippen molar-refractivity contribution in [3.63, 3.8) is 0 Å². The lowest BCUT2D eigenvalue weighted by atomic mass is 9.85. The predicted molar refractivity (Wildman–Crippen MR) is 145 cm³/mol. The first-order valence-corrected chi connectivity index (χ1v) is 11.9. The number of fused-ring (bicyclic) bond motifs is 3. The van der Waals surface area contributed by atoms with Gasteiger partial charge in [-0.1, -0.05) is 32.9 Å². The predicted octanol–water partition coefficient (Wildman–Crippen LogP) is 4.83. The summed E-state index contributed by atoms with van der Waals surface area (Å²) in [6, 6.07) is 11.0.